The Kier molecular flexibility index (Phi) is 9.15. The van der Waals surface area contributed by atoms with E-state index in [2.05, 4.69) is 10.6 Å². The fourth-order valence-electron chi connectivity index (χ4n) is 2.67. The van der Waals surface area contributed by atoms with E-state index < -0.39 is 5.92 Å². The molecule has 2 N–H and O–H groups in total. The maximum atomic E-state index is 12.6. The molecular formula is C21H32N2O4. The summed E-state index contributed by atoms with van der Waals surface area (Å²) in [6, 6.07) is 7.04. The monoisotopic (exact) mass is 376 g/mol. The first-order valence-electron chi connectivity index (χ1n) is 9.42. The summed E-state index contributed by atoms with van der Waals surface area (Å²) in [5.74, 6) is -0.730. The maximum Gasteiger partial charge on any atom is 0.302 e. The van der Waals surface area contributed by atoms with Gasteiger partial charge in [0.2, 0.25) is 5.91 Å². The molecule has 0 bridgehead atoms. The van der Waals surface area contributed by atoms with Gasteiger partial charge in [-0.05, 0) is 23.6 Å². The van der Waals surface area contributed by atoms with Crippen LogP contribution in [0.25, 0.3) is 0 Å². The van der Waals surface area contributed by atoms with Crippen molar-refractivity contribution in [3.8, 4) is 0 Å². The molecule has 0 unspecified atom stereocenters. The second-order valence-electron chi connectivity index (χ2n) is 7.58. The molecule has 1 aromatic carbocycles. The lowest BCUT2D eigenvalue weighted by atomic mass is 9.92. The maximum absolute atomic E-state index is 12.6. The van der Waals surface area contributed by atoms with Crippen LogP contribution < -0.4 is 10.6 Å². The average Bonchev–Trinajstić information content (AvgIpc) is 2.58. The number of rotatable bonds is 10. The highest BCUT2D eigenvalue weighted by Gasteiger charge is 2.26. The summed E-state index contributed by atoms with van der Waals surface area (Å²) in [5, 5.41) is 6.11. The zero-order valence-electron chi connectivity index (χ0n) is 17.2. The van der Waals surface area contributed by atoms with Gasteiger partial charge in [0.25, 0.3) is 0 Å². The van der Waals surface area contributed by atoms with Crippen LogP contribution in [0.4, 0.5) is 5.69 Å². The third-order valence-corrected chi connectivity index (χ3v) is 4.14. The second kappa shape index (κ2) is 10.8. The largest absolute Gasteiger partial charge is 0.461 e. The van der Waals surface area contributed by atoms with E-state index in [0.29, 0.717) is 5.69 Å². The minimum absolute atomic E-state index is 0.0538. The van der Waals surface area contributed by atoms with Crippen LogP contribution in [0, 0.1) is 11.8 Å². The molecule has 0 saturated carbocycles. The van der Waals surface area contributed by atoms with E-state index in [-0.39, 0.29) is 48.7 Å². The predicted molar refractivity (Wildman–Crippen MR) is 106 cm³/mol. The van der Waals surface area contributed by atoms with Crippen molar-refractivity contribution < 1.29 is 19.1 Å². The van der Waals surface area contributed by atoms with E-state index >= 15 is 0 Å². The highest BCUT2D eigenvalue weighted by atomic mass is 16.5. The van der Waals surface area contributed by atoms with E-state index in [0.717, 1.165) is 5.56 Å². The Labute approximate surface area is 162 Å². The highest BCUT2D eigenvalue weighted by Crippen LogP contribution is 2.15. The Morgan fingerprint density at radius 3 is 2.07 bits per heavy atom. The Morgan fingerprint density at radius 1 is 1.00 bits per heavy atom. The van der Waals surface area contributed by atoms with Crippen LogP contribution in [0.3, 0.4) is 0 Å². The lowest BCUT2D eigenvalue weighted by Gasteiger charge is -2.24. The number of carbonyl (C=O) groups is 3. The summed E-state index contributed by atoms with van der Waals surface area (Å²) in [4.78, 5) is 35.8. The molecule has 0 spiro atoms. The third-order valence-electron chi connectivity index (χ3n) is 4.14. The predicted octanol–water partition coefficient (Wildman–Crippen LogP) is 3.31. The van der Waals surface area contributed by atoms with E-state index in [9.17, 15) is 14.4 Å². The number of hydrogen-bond acceptors (Lipinski definition) is 5. The number of ketones is 1. The normalized spacial score (nSPS) is 13.3. The molecule has 6 heteroatoms. The number of benzene rings is 1. The van der Waals surface area contributed by atoms with Gasteiger partial charge in [-0.3, -0.25) is 14.4 Å². The molecule has 150 valence electrons. The van der Waals surface area contributed by atoms with Gasteiger partial charge in [-0.2, -0.15) is 0 Å². The summed E-state index contributed by atoms with van der Waals surface area (Å²) in [5.41, 5.74) is 1.48. The van der Waals surface area contributed by atoms with E-state index in [4.69, 9.17) is 4.74 Å². The van der Waals surface area contributed by atoms with Crippen LogP contribution >= 0.6 is 0 Å². The zero-order valence-corrected chi connectivity index (χ0v) is 17.2. The lowest BCUT2D eigenvalue weighted by Crippen LogP contribution is -2.45. The van der Waals surface area contributed by atoms with Gasteiger partial charge in [0.05, 0.1) is 6.04 Å². The molecule has 0 saturated heterocycles. The Bertz CT molecular complexity index is 638. The van der Waals surface area contributed by atoms with Crippen molar-refractivity contribution in [2.75, 3.05) is 5.32 Å². The summed E-state index contributed by atoms with van der Waals surface area (Å²) in [6.07, 6.45) is 0.193. The molecule has 0 aliphatic heterocycles. The highest BCUT2D eigenvalue weighted by molar-refractivity contribution is 5.96. The standard InChI is InChI=1S/C21H32N2O4/c1-13(2)20(22-14(3)4)19(25)11-15(5)21(26)23-18-9-7-17(8-10-18)12-27-16(6)24/h7-10,13-15,20,22H,11-12H2,1-6H3,(H,23,26)/t15-,20+/m1/s1. The fourth-order valence-corrected chi connectivity index (χ4v) is 2.67. The van der Waals surface area contributed by atoms with Crippen LogP contribution in [0.5, 0.6) is 0 Å². The molecule has 6 nitrogen and oxygen atoms in total. The number of ether oxygens (including phenoxy) is 1. The van der Waals surface area contributed by atoms with Gasteiger partial charge >= 0.3 is 5.97 Å². The molecule has 27 heavy (non-hydrogen) atoms. The van der Waals surface area contributed by atoms with Gasteiger partial charge in [-0.1, -0.05) is 46.8 Å². The van der Waals surface area contributed by atoms with E-state index in [1.165, 1.54) is 6.92 Å². The van der Waals surface area contributed by atoms with Crippen molar-refractivity contribution >= 4 is 23.3 Å². The van der Waals surface area contributed by atoms with Gasteiger partial charge in [0.15, 0.2) is 5.78 Å². The number of nitrogens with one attached hydrogen (secondary N) is 2. The fraction of sp³-hybridized carbons (Fsp3) is 0.571. The van der Waals surface area contributed by atoms with Crippen LogP contribution in [0.1, 0.15) is 53.5 Å². The first kappa shape index (κ1) is 22.8. The van der Waals surface area contributed by atoms with E-state index in [1.54, 1.807) is 31.2 Å². The summed E-state index contributed by atoms with van der Waals surface area (Å²) < 4.78 is 4.93. The van der Waals surface area contributed by atoms with Crippen LogP contribution in [-0.4, -0.2) is 29.7 Å². The smallest absolute Gasteiger partial charge is 0.302 e. The van der Waals surface area contributed by atoms with Gasteiger partial charge < -0.3 is 15.4 Å². The molecule has 1 aromatic rings. The molecule has 0 heterocycles. The van der Waals surface area contributed by atoms with Crippen molar-refractivity contribution in [1.82, 2.24) is 5.32 Å². The minimum atomic E-state index is -0.423. The van der Waals surface area contributed by atoms with Crippen LogP contribution in [-0.2, 0) is 25.7 Å². The molecule has 0 radical (unpaired) electrons. The number of anilines is 1. The van der Waals surface area contributed by atoms with Crippen molar-refractivity contribution in [1.29, 1.82) is 0 Å². The summed E-state index contributed by atoms with van der Waals surface area (Å²) in [6.45, 7) is 11.3. The number of Topliss-reactive ketones (excluding diaryl/α,β-unsaturated/α-hetero) is 1. The van der Waals surface area contributed by atoms with Crippen LogP contribution in [0.15, 0.2) is 24.3 Å². The van der Waals surface area contributed by atoms with Crippen molar-refractivity contribution in [2.45, 2.75) is 66.7 Å². The van der Waals surface area contributed by atoms with Gasteiger partial charge in [0, 0.05) is 31.0 Å². The topological polar surface area (TPSA) is 84.5 Å². The first-order chi connectivity index (χ1) is 12.6. The summed E-state index contributed by atoms with van der Waals surface area (Å²) >= 11 is 0. The van der Waals surface area contributed by atoms with E-state index in [1.807, 2.05) is 27.7 Å². The number of hydrogen-bond donors (Lipinski definition) is 2. The Morgan fingerprint density at radius 2 is 1.59 bits per heavy atom. The second-order valence-corrected chi connectivity index (χ2v) is 7.58. The van der Waals surface area contributed by atoms with Gasteiger partial charge in [-0.25, -0.2) is 0 Å². The number of amides is 1. The molecular weight excluding hydrogens is 344 g/mol. The minimum Gasteiger partial charge on any atom is -0.461 e. The number of esters is 1. The quantitative estimate of drug-likeness (QED) is 0.612. The van der Waals surface area contributed by atoms with Crippen LogP contribution in [0.2, 0.25) is 0 Å². The average molecular weight is 376 g/mol. The van der Waals surface area contributed by atoms with Crippen molar-refractivity contribution in [3.05, 3.63) is 29.8 Å². The number of carbonyl (C=O) groups excluding carboxylic acids is 3. The molecule has 1 rings (SSSR count). The van der Waals surface area contributed by atoms with Crippen molar-refractivity contribution in [2.24, 2.45) is 11.8 Å². The zero-order chi connectivity index (χ0) is 20.6. The Hall–Kier alpha value is -2.21. The molecule has 0 aliphatic carbocycles. The molecule has 0 aromatic heterocycles. The van der Waals surface area contributed by atoms with Gasteiger partial charge in [-0.15, -0.1) is 0 Å². The third kappa shape index (κ3) is 8.35. The first-order valence-corrected chi connectivity index (χ1v) is 9.42. The van der Waals surface area contributed by atoms with Crippen molar-refractivity contribution in [3.63, 3.8) is 0 Å². The SMILES string of the molecule is CC(=O)OCc1ccc(NC(=O)[C@H](C)CC(=O)[C@@H](NC(C)C)C(C)C)cc1. The molecule has 0 aliphatic rings. The molecule has 2 atom stereocenters. The molecule has 0 fully saturated rings. The summed E-state index contributed by atoms with van der Waals surface area (Å²) in [7, 11) is 0. The molecule has 1 amide bonds. The Balaban J connectivity index is 2.60. The van der Waals surface area contributed by atoms with Gasteiger partial charge in [0.1, 0.15) is 6.61 Å². The lowest BCUT2D eigenvalue weighted by molar-refractivity contribution is -0.142.